The van der Waals surface area contributed by atoms with Crippen LogP contribution in [0.15, 0.2) is 85.1 Å². The van der Waals surface area contributed by atoms with E-state index < -0.39 is 18.2 Å². The Morgan fingerprint density at radius 3 is 1.59 bits per heavy atom. The zero-order valence-corrected chi connectivity index (χ0v) is 37.6. The quantitative estimate of drug-likeness (QED) is 0.0247. The molecule has 0 spiro atoms. The minimum Gasteiger partial charge on any atom is -0.462 e. The predicted molar refractivity (Wildman–Crippen MR) is 250 cm³/mol. The van der Waals surface area contributed by atoms with Gasteiger partial charge in [-0.15, -0.1) is 0 Å². The number of rotatable bonds is 41. The summed E-state index contributed by atoms with van der Waals surface area (Å²) in [5.74, 6) is -0.545. The van der Waals surface area contributed by atoms with Crippen LogP contribution in [0, 0.1) is 0 Å². The van der Waals surface area contributed by atoms with Crippen LogP contribution in [0.3, 0.4) is 0 Å². The molecule has 0 aromatic rings. The van der Waals surface area contributed by atoms with Crippen LogP contribution < -0.4 is 5.32 Å². The van der Waals surface area contributed by atoms with E-state index in [0.717, 1.165) is 89.9 Å². The summed E-state index contributed by atoms with van der Waals surface area (Å²) < 4.78 is 5.89. The lowest BCUT2D eigenvalue weighted by atomic mass is 10.0. The Labute approximate surface area is 357 Å². The van der Waals surface area contributed by atoms with Gasteiger partial charge in [-0.05, 0) is 77.0 Å². The van der Waals surface area contributed by atoms with Crippen LogP contribution >= 0.6 is 0 Å². The van der Waals surface area contributed by atoms with Crippen molar-refractivity contribution in [1.82, 2.24) is 5.32 Å². The van der Waals surface area contributed by atoms with Gasteiger partial charge < -0.3 is 20.3 Å². The number of allylic oxidation sites excluding steroid dienone is 14. The zero-order valence-electron chi connectivity index (χ0n) is 37.6. The number of hydrogen-bond acceptors (Lipinski definition) is 5. The van der Waals surface area contributed by atoms with Crippen molar-refractivity contribution in [2.75, 3.05) is 6.61 Å². The number of hydrogen-bond donors (Lipinski definition) is 3. The summed E-state index contributed by atoms with van der Waals surface area (Å²) in [6.45, 7) is 6.26. The van der Waals surface area contributed by atoms with E-state index in [4.69, 9.17) is 4.74 Å². The first kappa shape index (κ1) is 55.0. The second kappa shape index (κ2) is 45.1. The fraction of sp³-hybridized carbons (Fsp3) is 0.692. The van der Waals surface area contributed by atoms with Gasteiger partial charge in [-0.2, -0.15) is 0 Å². The molecule has 0 aromatic carbocycles. The predicted octanol–water partition coefficient (Wildman–Crippen LogP) is 14.0. The second-order valence-corrected chi connectivity index (χ2v) is 15.9. The van der Waals surface area contributed by atoms with Crippen LogP contribution in [-0.2, 0) is 14.3 Å². The van der Waals surface area contributed by atoms with Crippen molar-refractivity contribution < 1.29 is 24.5 Å². The van der Waals surface area contributed by atoms with Crippen LogP contribution in [0.25, 0.3) is 0 Å². The number of carbonyl (C=O) groups excluding carboxylic acids is 2. The third-order valence-corrected chi connectivity index (χ3v) is 10.3. The first-order valence-corrected chi connectivity index (χ1v) is 23.9. The van der Waals surface area contributed by atoms with Gasteiger partial charge in [-0.25, -0.2) is 0 Å². The minimum absolute atomic E-state index is 0.0462. The Morgan fingerprint density at radius 1 is 0.534 bits per heavy atom. The number of carbonyl (C=O) groups is 2. The lowest BCUT2D eigenvalue weighted by Gasteiger charge is -2.24. The Balaban J connectivity index is 4.73. The fourth-order valence-corrected chi connectivity index (χ4v) is 6.71. The second-order valence-electron chi connectivity index (χ2n) is 15.9. The minimum atomic E-state index is -0.801. The number of amides is 1. The molecule has 3 N–H and O–H groups in total. The molecule has 6 nitrogen and oxygen atoms in total. The molecule has 3 unspecified atom stereocenters. The van der Waals surface area contributed by atoms with Crippen molar-refractivity contribution >= 4 is 11.9 Å². The first-order valence-electron chi connectivity index (χ1n) is 23.9. The molecule has 0 aliphatic rings. The molecule has 0 bridgehead atoms. The normalized spacial score (nSPS) is 14.1. The van der Waals surface area contributed by atoms with Crippen molar-refractivity contribution in [3.8, 4) is 0 Å². The highest BCUT2D eigenvalue weighted by Crippen LogP contribution is 2.17. The Hall–Kier alpha value is -2.96. The van der Waals surface area contributed by atoms with Gasteiger partial charge in [0.1, 0.15) is 6.10 Å². The molecule has 0 saturated carbocycles. The van der Waals surface area contributed by atoms with Gasteiger partial charge in [0, 0.05) is 6.42 Å². The maximum Gasteiger partial charge on any atom is 0.306 e. The number of aliphatic hydroxyl groups is 2. The summed E-state index contributed by atoms with van der Waals surface area (Å²) in [5, 5.41) is 23.6. The van der Waals surface area contributed by atoms with Gasteiger partial charge >= 0.3 is 5.97 Å². The van der Waals surface area contributed by atoms with Crippen molar-refractivity contribution in [3.63, 3.8) is 0 Å². The van der Waals surface area contributed by atoms with Crippen molar-refractivity contribution in [2.24, 2.45) is 0 Å². The van der Waals surface area contributed by atoms with Crippen molar-refractivity contribution in [1.29, 1.82) is 0 Å². The summed E-state index contributed by atoms with van der Waals surface area (Å²) in [6, 6.07) is -0.718. The molecule has 0 radical (unpaired) electrons. The highest BCUT2D eigenvalue weighted by Gasteiger charge is 2.24. The highest BCUT2D eigenvalue weighted by molar-refractivity contribution is 5.77. The van der Waals surface area contributed by atoms with Crippen LogP contribution in [-0.4, -0.2) is 46.9 Å². The standard InChI is InChI=1S/C52H89NO5/c1-4-7-10-13-16-19-21-23-25-27-29-32-34-37-40-43-48(46-51(56)53-49(47-54)50(55)44-41-38-35-31-18-15-12-9-6-3)58-52(57)45-42-39-36-33-30-28-26-24-22-20-17-14-11-8-5-2/h8,11,14,16-17,19-20,22-26,28,30,48-50,54-55H,4-7,9-10,12-13,15,18,21,27,29,31-47H2,1-3H3,(H,53,56)/b11-8+,17-14+,19-16-,22-20-,25-23-,26-24-,30-28+. The molecular formula is C52H89NO5. The van der Waals surface area contributed by atoms with Crippen LogP contribution in [0.4, 0.5) is 0 Å². The Kier molecular flexibility index (Phi) is 42.8. The van der Waals surface area contributed by atoms with E-state index in [1.807, 2.05) is 42.5 Å². The first-order chi connectivity index (χ1) is 28.5. The molecule has 58 heavy (non-hydrogen) atoms. The maximum absolute atomic E-state index is 13.1. The van der Waals surface area contributed by atoms with E-state index in [1.165, 1.54) is 70.6 Å². The molecular weight excluding hydrogens is 719 g/mol. The molecule has 0 aliphatic heterocycles. The largest absolute Gasteiger partial charge is 0.462 e. The average molecular weight is 808 g/mol. The summed E-state index contributed by atoms with van der Waals surface area (Å²) in [5.41, 5.74) is 0. The molecule has 332 valence electrons. The average Bonchev–Trinajstić information content (AvgIpc) is 3.22. The van der Waals surface area contributed by atoms with Gasteiger partial charge in [-0.1, -0.05) is 202 Å². The van der Waals surface area contributed by atoms with E-state index in [-0.39, 0.29) is 24.9 Å². The van der Waals surface area contributed by atoms with E-state index in [0.29, 0.717) is 19.3 Å². The highest BCUT2D eigenvalue weighted by atomic mass is 16.5. The van der Waals surface area contributed by atoms with Gasteiger partial charge in [0.15, 0.2) is 0 Å². The van der Waals surface area contributed by atoms with E-state index >= 15 is 0 Å². The SMILES string of the molecule is CC/C=C/C=C/C=C\C=C/C=C/CCCCCC(=O)OC(CCCCCCC/C=C\C/C=C\CCCCC)CC(=O)NC(CO)C(O)CCCCCCCCCCC. The molecule has 0 fully saturated rings. The maximum atomic E-state index is 13.1. The monoisotopic (exact) mass is 808 g/mol. The number of nitrogens with one attached hydrogen (secondary N) is 1. The van der Waals surface area contributed by atoms with Crippen molar-refractivity contribution in [2.45, 2.75) is 225 Å². The number of aliphatic hydroxyl groups excluding tert-OH is 2. The molecule has 3 atom stereocenters. The summed E-state index contributed by atoms with van der Waals surface area (Å²) in [6.07, 6.45) is 57.8. The van der Waals surface area contributed by atoms with E-state index in [2.05, 4.69) is 68.6 Å². The number of esters is 1. The third kappa shape index (κ3) is 39.8. The Morgan fingerprint density at radius 2 is 1.00 bits per heavy atom. The third-order valence-electron chi connectivity index (χ3n) is 10.3. The number of unbranched alkanes of at least 4 members (excludes halogenated alkanes) is 19. The van der Waals surface area contributed by atoms with Crippen LogP contribution in [0.2, 0.25) is 0 Å². The fourth-order valence-electron chi connectivity index (χ4n) is 6.71. The molecule has 0 saturated heterocycles. The van der Waals surface area contributed by atoms with E-state index in [9.17, 15) is 19.8 Å². The zero-order chi connectivity index (χ0) is 42.4. The van der Waals surface area contributed by atoms with Crippen molar-refractivity contribution in [3.05, 3.63) is 85.1 Å². The van der Waals surface area contributed by atoms with Gasteiger partial charge in [0.05, 0.1) is 25.2 Å². The van der Waals surface area contributed by atoms with Gasteiger partial charge in [0.2, 0.25) is 5.91 Å². The summed E-state index contributed by atoms with van der Waals surface area (Å²) in [4.78, 5) is 26.0. The molecule has 0 aliphatic carbocycles. The topological polar surface area (TPSA) is 95.9 Å². The van der Waals surface area contributed by atoms with E-state index in [1.54, 1.807) is 0 Å². The van der Waals surface area contributed by atoms with Crippen LogP contribution in [0.5, 0.6) is 0 Å². The lowest BCUT2D eigenvalue weighted by molar-refractivity contribution is -0.151. The molecule has 0 rings (SSSR count). The molecule has 6 heteroatoms. The van der Waals surface area contributed by atoms with Crippen LogP contribution in [0.1, 0.15) is 207 Å². The smallest absolute Gasteiger partial charge is 0.306 e. The van der Waals surface area contributed by atoms with Gasteiger partial charge in [-0.3, -0.25) is 9.59 Å². The molecule has 0 aromatic heterocycles. The number of ether oxygens (including phenoxy) is 1. The molecule has 0 heterocycles. The summed E-state index contributed by atoms with van der Waals surface area (Å²) in [7, 11) is 0. The summed E-state index contributed by atoms with van der Waals surface area (Å²) >= 11 is 0. The Bertz CT molecular complexity index is 1130. The molecule has 1 amide bonds. The van der Waals surface area contributed by atoms with Gasteiger partial charge in [0.25, 0.3) is 0 Å². The lowest BCUT2D eigenvalue weighted by Crippen LogP contribution is -2.46.